The summed E-state index contributed by atoms with van der Waals surface area (Å²) >= 11 is 0. The number of aromatic nitrogens is 1. The number of hydrogen-bond donors (Lipinski definition) is 2. The molecule has 154 valence electrons. The molecule has 3 rings (SSSR count). The van der Waals surface area contributed by atoms with Gasteiger partial charge in [0.05, 0.1) is 13.2 Å². The van der Waals surface area contributed by atoms with E-state index < -0.39 is 0 Å². The van der Waals surface area contributed by atoms with Crippen molar-refractivity contribution >= 4 is 17.7 Å². The zero-order valence-electron chi connectivity index (χ0n) is 17.3. The second-order valence-electron chi connectivity index (χ2n) is 7.10. The fraction of sp³-hybridized carbons (Fsp3) is 0.409. The molecule has 0 aliphatic carbocycles. The third-order valence-corrected chi connectivity index (χ3v) is 4.90. The Labute approximate surface area is 172 Å². The topological polar surface area (TPSA) is 78.8 Å². The minimum atomic E-state index is -0.0779. The Balaban J connectivity index is 1.51. The summed E-state index contributed by atoms with van der Waals surface area (Å²) in [5, 5.41) is 6.12. The summed E-state index contributed by atoms with van der Waals surface area (Å²) in [6, 6.07) is 13.9. The van der Waals surface area contributed by atoms with Crippen LogP contribution in [0.5, 0.6) is 0 Å². The second kappa shape index (κ2) is 10.0. The number of nitrogens with zero attached hydrogens (tertiary/aromatic N) is 3. The number of morpholine rings is 1. The smallest absolute Gasteiger partial charge is 0.227 e. The van der Waals surface area contributed by atoms with E-state index in [9.17, 15) is 4.79 Å². The number of pyridine rings is 1. The molecule has 1 unspecified atom stereocenters. The van der Waals surface area contributed by atoms with Crippen LogP contribution in [0.3, 0.4) is 0 Å². The number of aliphatic imine (C=N–C) groups is 1. The van der Waals surface area contributed by atoms with Crippen LogP contribution in [0.4, 0.5) is 5.82 Å². The monoisotopic (exact) mass is 395 g/mol. The number of guanidine groups is 1. The van der Waals surface area contributed by atoms with Gasteiger partial charge in [0.15, 0.2) is 5.96 Å². The summed E-state index contributed by atoms with van der Waals surface area (Å²) in [5.74, 6) is 1.29. The lowest BCUT2D eigenvalue weighted by molar-refractivity contribution is -0.116. The van der Waals surface area contributed by atoms with E-state index in [-0.39, 0.29) is 12.0 Å². The van der Waals surface area contributed by atoms with Crippen LogP contribution in [-0.4, -0.2) is 55.0 Å². The molecule has 2 aromatic rings. The molecule has 2 N–H and O–H groups in total. The first-order valence-corrected chi connectivity index (χ1v) is 9.93. The van der Waals surface area contributed by atoms with Crippen LogP contribution in [0.15, 0.2) is 47.5 Å². The number of aryl methyl sites for hydroxylation is 2. The van der Waals surface area contributed by atoms with Crippen molar-refractivity contribution < 1.29 is 9.53 Å². The molecule has 1 saturated heterocycles. The van der Waals surface area contributed by atoms with Gasteiger partial charge in [-0.3, -0.25) is 9.79 Å². The standard InChI is InChI=1S/C22H29N5O2/c1-16-7-4-5-9-18(16)19-15-27(13-14-29-19)22(23-3)24-12-11-21(28)26-20-10-6-8-17(2)25-20/h4-10,19H,11-15H2,1-3H3,(H,23,24)(H,25,26,28). The summed E-state index contributed by atoms with van der Waals surface area (Å²) in [4.78, 5) is 23.0. The van der Waals surface area contributed by atoms with E-state index in [1.54, 1.807) is 13.1 Å². The zero-order chi connectivity index (χ0) is 20.6. The second-order valence-corrected chi connectivity index (χ2v) is 7.10. The molecule has 2 heterocycles. The van der Waals surface area contributed by atoms with Crippen molar-refractivity contribution in [2.45, 2.75) is 26.4 Å². The zero-order valence-corrected chi connectivity index (χ0v) is 17.3. The number of amides is 1. The highest BCUT2D eigenvalue weighted by atomic mass is 16.5. The Kier molecular flexibility index (Phi) is 7.19. The first-order valence-electron chi connectivity index (χ1n) is 9.93. The molecule has 1 aliphatic rings. The minimum Gasteiger partial charge on any atom is -0.370 e. The molecule has 0 bridgehead atoms. The molecule has 1 aromatic heterocycles. The van der Waals surface area contributed by atoms with Gasteiger partial charge in [0, 0.05) is 32.3 Å². The third kappa shape index (κ3) is 5.77. The van der Waals surface area contributed by atoms with E-state index in [0.717, 1.165) is 24.7 Å². The Morgan fingerprint density at radius 2 is 2.07 bits per heavy atom. The molecule has 7 heteroatoms. The van der Waals surface area contributed by atoms with E-state index in [2.05, 4.69) is 44.6 Å². The Hall–Kier alpha value is -2.93. The van der Waals surface area contributed by atoms with Crippen LogP contribution in [-0.2, 0) is 9.53 Å². The number of hydrogen-bond acceptors (Lipinski definition) is 4. The maximum absolute atomic E-state index is 12.2. The summed E-state index contributed by atoms with van der Waals surface area (Å²) in [7, 11) is 1.76. The number of carbonyl (C=O) groups excluding carboxylic acids is 1. The van der Waals surface area contributed by atoms with Crippen molar-refractivity contribution in [1.29, 1.82) is 0 Å². The fourth-order valence-electron chi connectivity index (χ4n) is 3.42. The Morgan fingerprint density at radius 1 is 1.24 bits per heavy atom. The van der Waals surface area contributed by atoms with Crippen molar-refractivity contribution in [3.05, 3.63) is 59.3 Å². The van der Waals surface area contributed by atoms with Gasteiger partial charge >= 0.3 is 0 Å². The van der Waals surface area contributed by atoms with Crippen molar-refractivity contribution in [1.82, 2.24) is 15.2 Å². The van der Waals surface area contributed by atoms with Crippen LogP contribution >= 0.6 is 0 Å². The molecular formula is C22H29N5O2. The number of carbonyl (C=O) groups is 1. The number of ether oxygens (including phenoxy) is 1. The van der Waals surface area contributed by atoms with Gasteiger partial charge in [-0.05, 0) is 37.1 Å². The van der Waals surface area contributed by atoms with Crippen LogP contribution in [0.2, 0.25) is 0 Å². The van der Waals surface area contributed by atoms with Crippen molar-refractivity contribution in [2.24, 2.45) is 4.99 Å². The average molecular weight is 396 g/mol. The van der Waals surface area contributed by atoms with Crippen molar-refractivity contribution in [3.8, 4) is 0 Å². The van der Waals surface area contributed by atoms with Crippen LogP contribution in [0.25, 0.3) is 0 Å². The third-order valence-electron chi connectivity index (χ3n) is 4.90. The molecule has 1 amide bonds. The number of nitrogens with one attached hydrogen (secondary N) is 2. The lowest BCUT2D eigenvalue weighted by atomic mass is 10.0. The lowest BCUT2D eigenvalue weighted by Crippen LogP contribution is -2.48. The number of rotatable bonds is 5. The summed E-state index contributed by atoms with van der Waals surface area (Å²) < 4.78 is 5.99. The molecule has 1 aliphatic heterocycles. The Bertz CT molecular complexity index is 868. The van der Waals surface area contributed by atoms with E-state index >= 15 is 0 Å². The minimum absolute atomic E-state index is 0.0131. The van der Waals surface area contributed by atoms with Gasteiger partial charge in [-0.1, -0.05) is 30.3 Å². The van der Waals surface area contributed by atoms with Gasteiger partial charge in [-0.2, -0.15) is 0 Å². The quantitative estimate of drug-likeness (QED) is 0.601. The molecular weight excluding hydrogens is 366 g/mol. The van der Waals surface area contributed by atoms with Crippen molar-refractivity contribution in [2.75, 3.05) is 38.6 Å². The number of anilines is 1. The van der Waals surface area contributed by atoms with Crippen molar-refractivity contribution in [3.63, 3.8) is 0 Å². The van der Waals surface area contributed by atoms with Gasteiger partial charge in [-0.25, -0.2) is 4.98 Å². The predicted molar refractivity (Wildman–Crippen MR) is 115 cm³/mol. The summed E-state index contributed by atoms with van der Waals surface area (Å²) in [5.41, 5.74) is 3.30. The normalized spacial score (nSPS) is 17.1. The molecule has 29 heavy (non-hydrogen) atoms. The van der Waals surface area contributed by atoms with Gasteiger partial charge in [-0.15, -0.1) is 0 Å². The van der Waals surface area contributed by atoms with Gasteiger partial charge in [0.2, 0.25) is 5.91 Å². The van der Waals surface area contributed by atoms with Gasteiger partial charge in [0.25, 0.3) is 0 Å². The molecule has 0 radical (unpaired) electrons. The highest BCUT2D eigenvalue weighted by Gasteiger charge is 2.25. The predicted octanol–water partition coefficient (Wildman–Crippen LogP) is 2.68. The average Bonchev–Trinajstić information content (AvgIpc) is 2.72. The highest BCUT2D eigenvalue weighted by Crippen LogP contribution is 2.24. The van der Waals surface area contributed by atoms with Gasteiger partial charge < -0.3 is 20.3 Å². The lowest BCUT2D eigenvalue weighted by Gasteiger charge is -2.35. The van der Waals surface area contributed by atoms with E-state index in [1.165, 1.54) is 11.1 Å². The van der Waals surface area contributed by atoms with Crippen LogP contribution in [0, 0.1) is 13.8 Å². The maximum Gasteiger partial charge on any atom is 0.227 e. The molecule has 0 spiro atoms. The summed E-state index contributed by atoms with van der Waals surface area (Å²) in [6.07, 6.45) is 0.347. The SMILES string of the molecule is CN=C(NCCC(=O)Nc1cccc(C)n1)N1CCOC(c2ccccc2C)C1. The molecule has 7 nitrogen and oxygen atoms in total. The Morgan fingerprint density at radius 3 is 2.83 bits per heavy atom. The van der Waals surface area contributed by atoms with Crippen LogP contribution < -0.4 is 10.6 Å². The molecule has 1 atom stereocenters. The molecule has 1 aromatic carbocycles. The highest BCUT2D eigenvalue weighted by molar-refractivity contribution is 5.90. The molecule has 0 saturated carbocycles. The fourth-order valence-corrected chi connectivity index (χ4v) is 3.42. The first-order chi connectivity index (χ1) is 14.1. The number of benzene rings is 1. The molecule has 1 fully saturated rings. The maximum atomic E-state index is 12.2. The van der Waals surface area contributed by atoms with E-state index in [1.807, 2.05) is 31.2 Å². The first kappa shape index (κ1) is 20.8. The van der Waals surface area contributed by atoms with E-state index in [0.29, 0.717) is 25.4 Å². The summed E-state index contributed by atoms with van der Waals surface area (Å²) in [6.45, 7) is 6.63. The van der Waals surface area contributed by atoms with Gasteiger partial charge in [0.1, 0.15) is 11.9 Å². The largest absolute Gasteiger partial charge is 0.370 e. The van der Waals surface area contributed by atoms with E-state index in [4.69, 9.17) is 4.74 Å². The van der Waals surface area contributed by atoms with Crippen LogP contribution in [0.1, 0.15) is 29.3 Å².